The summed E-state index contributed by atoms with van der Waals surface area (Å²) in [4.78, 5) is 28.2. The zero-order valence-electron chi connectivity index (χ0n) is 10.1. The lowest BCUT2D eigenvalue weighted by molar-refractivity contribution is 0.0475. The highest BCUT2D eigenvalue weighted by Crippen LogP contribution is 2.18. The molecule has 0 atom stereocenters. The molecule has 1 fully saturated rings. The summed E-state index contributed by atoms with van der Waals surface area (Å²) in [6, 6.07) is 3.24. The first-order valence-electron chi connectivity index (χ1n) is 5.73. The number of hydrogen-bond donors (Lipinski definition) is 2. The van der Waals surface area contributed by atoms with Gasteiger partial charge in [-0.3, -0.25) is 9.59 Å². The summed E-state index contributed by atoms with van der Waals surface area (Å²) in [5.74, 6) is -0.196. The fraction of sp³-hybridized carbons (Fsp3) is 0.500. The van der Waals surface area contributed by atoms with Crippen molar-refractivity contribution in [2.24, 2.45) is 0 Å². The summed E-state index contributed by atoms with van der Waals surface area (Å²) in [7, 11) is 0. The minimum absolute atomic E-state index is 0.196. The van der Waals surface area contributed by atoms with Gasteiger partial charge in [-0.05, 0) is 26.0 Å². The number of carbonyl (C=O) groups is 1. The molecular weight excluding hydrogens is 218 g/mol. The molecule has 1 amide bonds. The standard InChI is InChI=1S/C12H17N3O2/c1-12(2)8-13-6-7-15(12)11(17)9-4-3-5-14-10(9)16/h3-5,13H,6-8H2,1-2H3,(H,14,16). The van der Waals surface area contributed by atoms with E-state index in [0.29, 0.717) is 6.54 Å². The van der Waals surface area contributed by atoms with Crippen molar-refractivity contribution in [2.45, 2.75) is 19.4 Å². The van der Waals surface area contributed by atoms with Crippen molar-refractivity contribution < 1.29 is 4.79 Å². The number of aromatic nitrogens is 1. The zero-order chi connectivity index (χ0) is 12.5. The average Bonchev–Trinajstić information content (AvgIpc) is 2.28. The van der Waals surface area contributed by atoms with E-state index in [2.05, 4.69) is 10.3 Å². The van der Waals surface area contributed by atoms with Crippen molar-refractivity contribution in [3.05, 3.63) is 34.2 Å². The summed E-state index contributed by atoms with van der Waals surface area (Å²) < 4.78 is 0. The Morgan fingerprint density at radius 3 is 2.88 bits per heavy atom. The Morgan fingerprint density at radius 1 is 1.47 bits per heavy atom. The lowest BCUT2D eigenvalue weighted by atomic mass is 9.99. The van der Waals surface area contributed by atoms with Gasteiger partial charge >= 0.3 is 0 Å². The molecule has 1 saturated heterocycles. The van der Waals surface area contributed by atoms with Gasteiger partial charge in [-0.15, -0.1) is 0 Å². The Bertz CT molecular complexity index is 479. The smallest absolute Gasteiger partial charge is 0.260 e. The van der Waals surface area contributed by atoms with Crippen molar-refractivity contribution in [3.63, 3.8) is 0 Å². The minimum atomic E-state index is -0.327. The maximum atomic E-state index is 12.3. The van der Waals surface area contributed by atoms with E-state index in [1.54, 1.807) is 17.0 Å². The van der Waals surface area contributed by atoms with E-state index >= 15 is 0 Å². The zero-order valence-corrected chi connectivity index (χ0v) is 10.1. The molecule has 1 aromatic heterocycles. The highest BCUT2D eigenvalue weighted by molar-refractivity contribution is 5.94. The highest BCUT2D eigenvalue weighted by atomic mass is 16.2. The largest absolute Gasteiger partial charge is 0.331 e. The van der Waals surface area contributed by atoms with Crippen LogP contribution in [-0.2, 0) is 0 Å². The third-order valence-corrected chi connectivity index (χ3v) is 3.09. The number of nitrogens with one attached hydrogen (secondary N) is 2. The van der Waals surface area contributed by atoms with Gasteiger partial charge in [0.15, 0.2) is 0 Å². The molecule has 0 bridgehead atoms. The third kappa shape index (κ3) is 2.24. The predicted octanol–water partition coefficient (Wildman–Crippen LogP) is 0.199. The van der Waals surface area contributed by atoms with Crippen molar-refractivity contribution >= 4 is 5.91 Å². The molecule has 0 unspecified atom stereocenters. The molecule has 17 heavy (non-hydrogen) atoms. The van der Waals surface area contributed by atoms with Crippen molar-refractivity contribution in [1.82, 2.24) is 15.2 Å². The monoisotopic (exact) mass is 235 g/mol. The summed E-state index contributed by atoms with van der Waals surface area (Å²) in [6.07, 6.45) is 1.53. The normalized spacial score (nSPS) is 19.1. The van der Waals surface area contributed by atoms with E-state index in [-0.39, 0.29) is 22.6 Å². The van der Waals surface area contributed by atoms with Crippen LogP contribution in [0.3, 0.4) is 0 Å². The van der Waals surface area contributed by atoms with E-state index in [1.807, 2.05) is 13.8 Å². The van der Waals surface area contributed by atoms with Crippen LogP contribution in [0.4, 0.5) is 0 Å². The predicted molar refractivity (Wildman–Crippen MR) is 65.0 cm³/mol. The Hall–Kier alpha value is -1.62. The van der Waals surface area contributed by atoms with Crippen LogP contribution in [0.5, 0.6) is 0 Å². The van der Waals surface area contributed by atoms with Crippen LogP contribution in [0.2, 0.25) is 0 Å². The van der Waals surface area contributed by atoms with Crippen LogP contribution in [0.25, 0.3) is 0 Å². The number of nitrogens with zero attached hydrogens (tertiary/aromatic N) is 1. The van der Waals surface area contributed by atoms with Gasteiger partial charge in [0, 0.05) is 25.8 Å². The van der Waals surface area contributed by atoms with Gasteiger partial charge in [0.2, 0.25) is 0 Å². The first-order valence-corrected chi connectivity index (χ1v) is 5.73. The first kappa shape index (κ1) is 11.9. The Labute approximate surface area is 99.8 Å². The average molecular weight is 235 g/mol. The number of rotatable bonds is 1. The van der Waals surface area contributed by atoms with E-state index in [0.717, 1.165) is 13.1 Å². The SMILES string of the molecule is CC1(C)CNCCN1C(=O)c1ccc[nH]c1=O. The molecule has 0 aromatic carbocycles. The Kier molecular flexibility index (Phi) is 3.02. The summed E-state index contributed by atoms with van der Waals surface area (Å²) in [5.41, 5.74) is -0.383. The van der Waals surface area contributed by atoms with Gasteiger partial charge < -0.3 is 15.2 Å². The van der Waals surface area contributed by atoms with Crippen LogP contribution < -0.4 is 10.9 Å². The quantitative estimate of drug-likeness (QED) is 0.730. The molecule has 2 N–H and O–H groups in total. The maximum absolute atomic E-state index is 12.3. The molecule has 1 aliphatic heterocycles. The van der Waals surface area contributed by atoms with Crippen LogP contribution in [0.1, 0.15) is 24.2 Å². The lowest BCUT2D eigenvalue weighted by Crippen LogP contribution is -2.60. The molecule has 1 aliphatic rings. The second kappa shape index (κ2) is 4.33. The van der Waals surface area contributed by atoms with Crippen LogP contribution in [0, 0.1) is 0 Å². The van der Waals surface area contributed by atoms with E-state index in [1.165, 1.54) is 6.20 Å². The second-order valence-corrected chi connectivity index (χ2v) is 4.86. The van der Waals surface area contributed by atoms with Crippen LogP contribution >= 0.6 is 0 Å². The number of carbonyl (C=O) groups excluding carboxylic acids is 1. The van der Waals surface area contributed by atoms with Gasteiger partial charge in [0.05, 0.1) is 5.54 Å². The highest BCUT2D eigenvalue weighted by Gasteiger charge is 2.34. The van der Waals surface area contributed by atoms with E-state index in [4.69, 9.17) is 0 Å². The number of amides is 1. The van der Waals surface area contributed by atoms with Gasteiger partial charge in [-0.2, -0.15) is 0 Å². The molecule has 5 nitrogen and oxygen atoms in total. The summed E-state index contributed by atoms with van der Waals surface area (Å²) in [5, 5.41) is 3.25. The molecule has 0 aliphatic carbocycles. The van der Waals surface area contributed by atoms with E-state index in [9.17, 15) is 9.59 Å². The molecule has 5 heteroatoms. The van der Waals surface area contributed by atoms with Crippen LogP contribution in [0.15, 0.2) is 23.1 Å². The first-order chi connectivity index (χ1) is 8.02. The van der Waals surface area contributed by atoms with E-state index < -0.39 is 0 Å². The minimum Gasteiger partial charge on any atom is -0.331 e. The molecule has 1 aromatic rings. The van der Waals surface area contributed by atoms with Crippen LogP contribution in [-0.4, -0.2) is 41.0 Å². The van der Waals surface area contributed by atoms with Gasteiger partial charge in [-0.1, -0.05) is 0 Å². The van der Waals surface area contributed by atoms with Gasteiger partial charge in [-0.25, -0.2) is 0 Å². The van der Waals surface area contributed by atoms with Gasteiger partial charge in [0.1, 0.15) is 5.56 Å². The number of H-pyrrole nitrogens is 1. The fourth-order valence-electron chi connectivity index (χ4n) is 2.10. The molecule has 0 saturated carbocycles. The number of hydrogen-bond acceptors (Lipinski definition) is 3. The molecule has 0 radical (unpaired) electrons. The third-order valence-electron chi connectivity index (χ3n) is 3.09. The number of piperazine rings is 1. The maximum Gasteiger partial charge on any atom is 0.260 e. The molecule has 0 spiro atoms. The summed E-state index contributed by atoms with van der Waals surface area (Å²) in [6.45, 7) is 6.12. The topological polar surface area (TPSA) is 65.2 Å². The molecule has 2 heterocycles. The Morgan fingerprint density at radius 2 is 2.24 bits per heavy atom. The second-order valence-electron chi connectivity index (χ2n) is 4.86. The van der Waals surface area contributed by atoms with Crippen molar-refractivity contribution in [3.8, 4) is 0 Å². The fourth-order valence-corrected chi connectivity index (χ4v) is 2.10. The Balaban J connectivity index is 2.32. The summed E-state index contributed by atoms with van der Waals surface area (Å²) >= 11 is 0. The number of pyridine rings is 1. The van der Waals surface area contributed by atoms with Crippen molar-refractivity contribution in [1.29, 1.82) is 0 Å². The molecule has 2 rings (SSSR count). The van der Waals surface area contributed by atoms with Crippen molar-refractivity contribution in [2.75, 3.05) is 19.6 Å². The lowest BCUT2D eigenvalue weighted by Gasteiger charge is -2.42. The molecular formula is C12H17N3O2. The number of aromatic amines is 1. The van der Waals surface area contributed by atoms with Gasteiger partial charge in [0.25, 0.3) is 11.5 Å². The molecule has 92 valence electrons.